The molecule has 1 aromatic heterocycles. The topological polar surface area (TPSA) is 50.9 Å². The Hall–Kier alpha value is -1.37. The van der Waals surface area contributed by atoms with Crippen LogP contribution in [0.5, 0.6) is 0 Å². The summed E-state index contributed by atoms with van der Waals surface area (Å²) in [7, 11) is 0. The van der Waals surface area contributed by atoms with Crippen LogP contribution in [0.25, 0.3) is 0 Å². The normalized spacial score (nSPS) is 16.6. The first-order chi connectivity index (χ1) is 9.77. The van der Waals surface area contributed by atoms with Gasteiger partial charge in [0.15, 0.2) is 0 Å². The monoisotopic (exact) mass is 317 g/mol. The first-order valence-electron chi connectivity index (χ1n) is 6.89. The number of nitrogens with one attached hydrogen (secondary N) is 1. The highest BCUT2D eigenvalue weighted by atomic mass is 32.1. The molecule has 3 N–H and O–H groups in total. The zero-order valence-electron chi connectivity index (χ0n) is 11.8. The zero-order chi connectivity index (χ0) is 15.7. The molecule has 0 unspecified atom stereocenters. The molecule has 0 amide bonds. The highest BCUT2D eigenvalue weighted by molar-refractivity contribution is 7.80. The highest BCUT2D eigenvalue weighted by Crippen LogP contribution is 2.49. The van der Waals surface area contributed by atoms with E-state index in [4.69, 9.17) is 18.0 Å². The maximum absolute atomic E-state index is 12.8. The van der Waals surface area contributed by atoms with E-state index in [1.807, 2.05) is 0 Å². The number of halogens is 3. The lowest BCUT2D eigenvalue weighted by Crippen LogP contribution is -2.21. The second-order valence-corrected chi connectivity index (χ2v) is 6.00. The molecule has 0 aromatic carbocycles. The third kappa shape index (κ3) is 3.84. The van der Waals surface area contributed by atoms with E-state index in [0.29, 0.717) is 12.1 Å². The number of thiocarbonyl (C=S) groups is 1. The van der Waals surface area contributed by atoms with Crippen molar-refractivity contribution >= 4 is 23.0 Å². The number of nitrogens with zero attached hydrogens (tertiary/aromatic N) is 1. The molecule has 7 heteroatoms. The summed E-state index contributed by atoms with van der Waals surface area (Å²) in [5.74, 6) is 0.125. The lowest BCUT2D eigenvalue weighted by Gasteiger charge is -2.18. The average molecular weight is 317 g/mol. The molecule has 1 saturated carbocycles. The Labute approximate surface area is 127 Å². The van der Waals surface area contributed by atoms with E-state index in [0.717, 1.165) is 31.7 Å². The number of anilines is 1. The van der Waals surface area contributed by atoms with E-state index >= 15 is 0 Å². The van der Waals surface area contributed by atoms with Crippen molar-refractivity contribution in [1.29, 1.82) is 0 Å². The van der Waals surface area contributed by atoms with E-state index < -0.39 is 11.9 Å². The van der Waals surface area contributed by atoms with E-state index in [2.05, 4.69) is 17.2 Å². The minimum Gasteiger partial charge on any atom is -0.389 e. The molecule has 1 aromatic rings. The van der Waals surface area contributed by atoms with Crippen LogP contribution in [0.1, 0.15) is 43.9 Å². The Morgan fingerprint density at radius 3 is 2.57 bits per heavy atom. The average Bonchev–Trinajstić information content (AvgIpc) is 3.15. The van der Waals surface area contributed by atoms with Crippen LogP contribution in [0.2, 0.25) is 0 Å². The molecular formula is C14H18F3N3S. The molecule has 0 aliphatic heterocycles. The number of hydrogen-bond acceptors (Lipinski definition) is 3. The second kappa shape index (κ2) is 5.79. The van der Waals surface area contributed by atoms with Crippen molar-refractivity contribution in [3.8, 4) is 0 Å². The molecule has 1 aliphatic carbocycles. The number of hydrogen-bond donors (Lipinski definition) is 2. The maximum Gasteiger partial charge on any atom is 0.433 e. The van der Waals surface area contributed by atoms with Gasteiger partial charge in [-0.3, -0.25) is 0 Å². The van der Waals surface area contributed by atoms with Crippen LogP contribution >= 0.6 is 12.2 Å². The van der Waals surface area contributed by atoms with Gasteiger partial charge in [0.2, 0.25) is 0 Å². The van der Waals surface area contributed by atoms with Gasteiger partial charge in [-0.2, -0.15) is 13.2 Å². The van der Waals surface area contributed by atoms with Gasteiger partial charge in [0.05, 0.1) is 5.56 Å². The van der Waals surface area contributed by atoms with Gasteiger partial charge >= 0.3 is 6.18 Å². The molecule has 1 heterocycles. The van der Waals surface area contributed by atoms with Crippen LogP contribution in [-0.2, 0) is 6.18 Å². The van der Waals surface area contributed by atoms with E-state index in [-0.39, 0.29) is 16.2 Å². The summed E-state index contributed by atoms with van der Waals surface area (Å²) < 4.78 is 38.3. The summed E-state index contributed by atoms with van der Waals surface area (Å²) in [6, 6.07) is 2.18. The van der Waals surface area contributed by atoms with Crippen LogP contribution in [0, 0.1) is 5.41 Å². The Morgan fingerprint density at radius 2 is 2.10 bits per heavy atom. The largest absolute Gasteiger partial charge is 0.433 e. The third-order valence-electron chi connectivity index (χ3n) is 3.82. The predicted molar refractivity (Wildman–Crippen MR) is 80.2 cm³/mol. The first kappa shape index (κ1) is 16.0. The van der Waals surface area contributed by atoms with Gasteiger partial charge in [-0.15, -0.1) is 0 Å². The smallest absolute Gasteiger partial charge is 0.389 e. The zero-order valence-corrected chi connectivity index (χ0v) is 12.6. The predicted octanol–water partition coefficient (Wildman–Crippen LogP) is 3.73. The van der Waals surface area contributed by atoms with Crippen LogP contribution in [0.3, 0.4) is 0 Å². The lowest BCUT2D eigenvalue weighted by atomic mass is 10.0. The molecule has 116 valence electrons. The van der Waals surface area contributed by atoms with Crippen LogP contribution in [0.4, 0.5) is 19.0 Å². The van der Waals surface area contributed by atoms with Gasteiger partial charge in [-0.1, -0.05) is 25.6 Å². The number of nitrogens with two attached hydrogens (primary N) is 1. The Bertz CT molecular complexity index is 539. The van der Waals surface area contributed by atoms with Gasteiger partial charge in [0.25, 0.3) is 0 Å². The standard InChI is InChI=1S/C14H18F3N3S/c1-2-5-13(6-7-13)8-19-12-9(11(18)21)3-4-10(20-12)14(15,16)17/h3-4H,2,5-8H2,1H3,(H2,18,21)(H,19,20). The van der Waals surface area contributed by atoms with Crippen LogP contribution in [0.15, 0.2) is 12.1 Å². The van der Waals surface area contributed by atoms with Crippen LogP contribution < -0.4 is 11.1 Å². The lowest BCUT2D eigenvalue weighted by molar-refractivity contribution is -0.141. The Kier molecular flexibility index (Phi) is 4.41. The fourth-order valence-electron chi connectivity index (χ4n) is 2.44. The Balaban J connectivity index is 2.21. The summed E-state index contributed by atoms with van der Waals surface area (Å²) in [4.78, 5) is 3.69. The van der Waals surface area contributed by atoms with Gasteiger partial charge in [0.1, 0.15) is 16.5 Å². The highest BCUT2D eigenvalue weighted by Gasteiger charge is 2.41. The summed E-state index contributed by atoms with van der Waals surface area (Å²) in [5.41, 5.74) is 5.16. The minimum absolute atomic E-state index is 0.0408. The van der Waals surface area contributed by atoms with E-state index in [1.54, 1.807) is 0 Å². The Morgan fingerprint density at radius 1 is 1.43 bits per heavy atom. The molecule has 3 nitrogen and oxygen atoms in total. The molecule has 0 saturated heterocycles. The van der Waals surface area contributed by atoms with E-state index in [9.17, 15) is 13.2 Å². The number of rotatable bonds is 6. The fraction of sp³-hybridized carbons (Fsp3) is 0.571. The first-order valence-corrected chi connectivity index (χ1v) is 7.30. The van der Waals surface area contributed by atoms with Gasteiger partial charge in [-0.25, -0.2) is 4.98 Å². The number of pyridine rings is 1. The third-order valence-corrected chi connectivity index (χ3v) is 4.04. The van der Waals surface area contributed by atoms with Crippen molar-refractivity contribution < 1.29 is 13.2 Å². The molecule has 0 bridgehead atoms. The fourth-order valence-corrected chi connectivity index (χ4v) is 2.61. The molecular weight excluding hydrogens is 299 g/mol. The number of aromatic nitrogens is 1. The number of alkyl halides is 3. The van der Waals surface area contributed by atoms with Crippen molar-refractivity contribution in [3.05, 3.63) is 23.4 Å². The maximum atomic E-state index is 12.8. The van der Waals surface area contributed by atoms with Gasteiger partial charge in [0, 0.05) is 6.54 Å². The molecule has 1 fully saturated rings. The van der Waals surface area contributed by atoms with Crippen molar-refractivity contribution in [1.82, 2.24) is 4.98 Å². The quantitative estimate of drug-likeness (QED) is 0.785. The van der Waals surface area contributed by atoms with Gasteiger partial charge < -0.3 is 11.1 Å². The van der Waals surface area contributed by atoms with Crippen molar-refractivity contribution in [2.24, 2.45) is 11.1 Å². The SMILES string of the molecule is CCCC1(CNc2nc(C(F)(F)F)ccc2C(N)=S)CC1. The molecule has 2 rings (SSSR count). The second-order valence-electron chi connectivity index (χ2n) is 5.56. The summed E-state index contributed by atoms with van der Waals surface area (Å²) in [6.45, 7) is 2.70. The van der Waals surface area contributed by atoms with Crippen molar-refractivity contribution in [2.45, 2.75) is 38.8 Å². The minimum atomic E-state index is -4.48. The van der Waals surface area contributed by atoms with Crippen molar-refractivity contribution in [2.75, 3.05) is 11.9 Å². The van der Waals surface area contributed by atoms with Crippen LogP contribution in [-0.4, -0.2) is 16.5 Å². The van der Waals surface area contributed by atoms with Crippen molar-refractivity contribution in [3.63, 3.8) is 0 Å². The summed E-state index contributed by atoms with van der Waals surface area (Å²) in [5, 5.41) is 3.02. The van der Waals surface area contributed by atoms with E-state index in [1.165, 1.54) is 6.07 Å². The van der Waals surface area contributed by atoms with Gasteiger partial charge in [-0.05, 0) is 36.8 Å². The molecule has 0 atom stereocenters. The molecule has 1 aliphatic rings. The molecule has 0 spiro atoms. The summed E-state index contributed by atoms with van der Waals surface area (Å²) >= 11 is 4.88. The molecule has 21 heavy (non-hydrogen) atoms. The molecule has 0 radical (unpaired) electrons. The summed E-state index contributed by atoms with van der Waals surface area (Å²) in [6.07, 6.45) is -0.183.